The second kappa shape index (κ2) is 7.51. The number of amides is 1. The van der Waals surface area contributed by atoms with Gasteiger partial charge < -0.3 is 10.2 Å². The topological polar surface area (TPSA) is 44.7 Å². The molecule has 130 valence electrons. The number of anilines is 2. The van der Waals surface area contributed by atoms with E-state index in [1.54, 1.807) is 7.05 Å². The van der Waals surface area contributed by atoms with E-state index in [9.17, 15) is 4.79 Å². The zero-order valence-electron chi connectivity index (χ0n) is 15.1. The second-order valence-corrected chi connectivity index (χ2v) is 6.51. The van der Waals surface area contributed by atoms with E-state index >= 15 is 0 Å². The van der Waals surface area contributed by atoms with Crippen LogP contribution in [0, 0.1) is 0 Å². The molecule has 3 rings (SSSR count). The van der Waals surface area contributed by atoms with Crippen LogP contribution in [0.3, 0.4) is 0 Å². The number of carbonyl (C=O) groups is 1. The van der Waals surface area contributed by atoms with E-state index in [0.717, 1.165) is 36.5 Å². The largest absolute Gasteiger partial charge is 0.334 e. The van der Waals surface area contributed by atoms with Crippen LogP contribution >= 0.6 is 0 Å². The Hall–Kier alpha value is -2.62. The fourth-order valence-electron chi connectivity index (χ4n) is 3.36. The van der Waals surface area contributed by atoms with Crippen molar-refractivity contribution in [3.05, 3.63) is 59.7 Å². The van der Waals surface area contributed by atoms with E-state index < -0.39 is 0 Å². The molecule has 4 heteroatoms. The van der Waals surface area contributed by atoms with Gasteiger partial charge in [0.1, 0.15) is 0 Å². The van der Waals surface area contributed by atoms with Crippen molar-refractivity contribution in [2.24, 2.45) is 4.99 Å². The number of rotatable bonds is 3. The fourth-order valence-corrected chi connectivity index (χ4v) is 3.36. The lowest BCUT2D eigenvalue weighted by Crippen LogP contribution is -2.25. The molecule has 1 aliphatic carbocycles. The lowest BCUT2D eigenvalue weighted by atomic mass is 9.82. The first-order valence-corrected chi connectivity index (χ1v) is 8.76. The molecule has 4 nitrogen and oxygen atoms in total. The van der Waals surface area contributed by atoms with Gasteiger partial charge in [0.2, 0.25) is 5.91 Å². The van der Waals surface area contributed by atoms with Crippen molar-refractivity contribution < 1.29 is 4.79 Å². The van der Waals surface area contributed by atoms with Crippen molar-refractivity contribution in [1.29, 1.82) is 0 Å². The zero-order chi connectivity index (χ0) is 17.8. The van der Waals surface area contributed by atoms with Crippen molar-refractivity contribution in [3.8, 4) is 0 Å². The van der Waals surface area contributed by atoms with Crippen LogP contribution < -0.4 is 10.2 Å². The number of benzene rings is 2. The van der Waals surface area contributed by atoms with Gasteiger partial charge in [-0.25, -0.2) is 0 Å². The summed E-state index contributed by atoms with van der Waals surface area (Å²) in [6.45, 7) is 1.97. The van der Waals surface area contributed by atoms with Gasteiger partial charge in [-0.15, -0.1) is 0 Å². The third-order valence-electron chi connectivity index (χ3n) is 5.02. The van der Waals surface area contributed by atoms with Gasteiger partial charge in [0, 0.05) is 25.5 Å². The summed E-state index contributed by atoms with van der Waals surface area (Å²) in [6.07, 6.45) is 3.05. The Morgan fingerprint density at radius 3 is 2.60 bits per heavy atom. The Balaban J connectivity index is 1.72. The summed E-state index contributed by atoms with van der Waals surface area (Å²) in [6, 6.07) is 16.2. The Morgan fingerprint density at radius 2 is 1.88 bits per heavy atom. The molecule has 0 saturated carbocycles. The molecule has 0 heterocycles. The molecule has 2 aromatic carbocycles. The number of amidine groups is 1. The number of aliphatic imine (C=N–C) groups is 1. The quantitative estimate of drug-likeness (QED) is 0.674. The number of hydrogen-bond donors (Lipinski definition) is 1. The van der Waals surface area contributed by atoms with Crippen LogP contribution in [0.2, 0.25) is 0 Å². The average Bonchev–Trinajstić information content (AvgIpc) is 2.66. The Morgan fingerprint density at radius 1 is 1.16 bits per heavy atom. The number of carbonyl (C=O) groups excluding carboxylic acids is 1. The van der Waals surface area contributed by atoms with Gasteiger partial charge in [0.15, 0.2) is 0 Å². The van der Waals surface area contributed by atoms with E-state index in [1.807, 2.05) is 49.2 Å². The van der Waals surface area contributed by atoms with Gasteiger partial charge in [0.05, 0.1) is 11.8 Å². The summed E-state index contributed by atoms with van der Waals surface area (Å²) in [5, 5.41) is 3.07. The van der Waals surface area contributed by atoms with Crippen LogP contribution in [0.15, 0.2) is 53.5 Å². The highest BCUT2D eigenvalue weighted by Gasteiger charge is 2.26. The predicted octanol–water partition coefficient (Wildman–Crippen LogP) is 4.23. The summed E-state index contributed by atoms with van der Waals surface area (Å²) in [4.78, 5) is 19.0. The van der Waals surface area contributed by atoms with Crippen LogP contribution in [-0.4, -0.2) is 25.8 Å². The summed E-state index contributed by atoms with van der Waals surface area (Å²) < 4.78 is 0. The smallest absolute Gasteiger partial charge is 0.231 e. The number of aryl methyl sites for hydroxylation is 1. The van der Waals surface area contributed by atoms with Crippen LogP contribution in [0.4, 0.5) is 11.4 Å². The molecule has 0 aliphatic heterocycles. The first-order valence-electron chi connectivity index (χ1n) is 8.76. The number of nitrogens with zero attached hydrogens (tertiary/aromatic N) is 2. The summed E-state index contributed by atoms with van der Waals surface area (Å²) in [5.74, 6) is 0.969. The molecule has 25 heavy (non-hydrogen) atoms. The SMILES string of the molecule is CN=C(C)N(C)c1ccc(NC(=O)C2CCCc3ccccc32)cc1. The van der Waals surface area contributed by atoms with E-state index in [4.69, 9.17) is 0 Å². The number of nitrogens with one attached hydrogen (secondary N) is 1. The molecule has 1 unspecified atom stereocenters. The first kappa shape index (κ1) is 17.2. The molecule has 0 radical (unpaired) electrons. The molecular formula is C21H25N3O. The highest BCUT2D eigenvalue weighted by Crippen LogP contribution is 2.32. The molecule has 1 amide bonds. The molecule has 0 bridgehead atoms. The number of hydrogen-bond acceptors (Lipinski definition) is 2. The van der Waals surface area contributed by atoms with Crippen molar-refractivity contribution in [2.45, 2.75) is 32.1 Å². The monoisotopic (exact) mass is 335 g/mol. The molecule has 2 aromatic rings. The van der Waals surface area contributed by atoms with Gasteiger partial charge >= 0.3 is 0 Å². The van der Waals surface area contributed by atoms with E-state index in [0.29, 0.717) is 0 Å². The minimum absolute atomic E-state index is 0.0539. The van der Waals surface area contributed by atoms with Crippen molar-refractivity contribution in [3.63, 3.8) is 0 Å². The Kier molecular flexibility index (Phi) is 5.17. The Labute approximate surface area is 149 Å². The number of fused-ring (bicyclic) bond motifs is 1. The van der Waals surface area contributed by atoms with Gasteiger partial charge in [0.25, 0.3) is 0 Å². The van der Waals surface area contributed by atoms with E-state index in [-0.39, 0.29) is 11.8 Å². The van der Waals surface area contributed by atoms with E-state index in [2.05, 4.69) is 28.5 Å². The summed E-state index contributed by atoms with van der Waals surface area (Å²) >= 11 is 0. The maximum Gasteiger partial charge on any atom is 0.231 e. The molecule has 0 fully saturated rings. The molecule has 0 saturated heterocycles. The minimum Gasteiger partial charge on any atom is -0.334 e. The molecule has 1 aliphatic rings. The molecule has 1 atom stereocenters. The summed E-state index contributed by atoms with van der Waals surface area (Å²) in [5.41, 5.74) is 4.36. The lowest BCUT2D eigenvalue weighted by Gasteiger charge is -2.25. The van der Waals surface area contributed by atoms with Gasteiger partial charge in [-0.05, 0) is 61.6 Å². The summed E-state index contributed by atoms with van der Waals surface area (Å²) in [7, 11) is 3.76. The van der Waals surface area contributed by atoms with Crippen molar-refractivity contribution in [1.82, 2.24) is 0 Å². The van der Waals surface area contributed by atoms with Crippen LogP contribution in [0.1, 0.15) is 36.8 Å². The fraction of sp³-hybridized carbons (Fsp3) is 0.333. The normalized spacial score (nSPS) is 16.9. The lowest BCUT2D eigenvalue weighted by molar-refractivity contribution is -0.117. The Bertz CT molecular complexity index is 780. The minimum atomic E-state index is -0.0539. The van der Waals surface area contributed by atoms with Gasteiger partial charge in [-0.3, -0.25) is 9.79 Å². The van der Waals surface area contributed by atoms with Crippen molar-refractivity contribution in [2.75, 3.05) is 24.3 Å². The zero-order valence-corrected chi connectivity index (χ0v) is 15.1. The third kappa shape index (κ3) is 3.73. The van der Waals surface area contributed by atoms with Gasteiger partial charge in [-0.1, -0.05) is 24.3 Å². The highest BCUT2D eigenvalue weighted by atomic mass is 16.1. The van der Waals surface area contributed by atoms with Crippen molar-refractivity contribution >= 4 is 23.1 Å². The first-order chi connectivity index (χ1) is 12.1. The predicted molar refractivity (Wildman–Crippen MR) is 105 cm³/mol. The van der Waals surface area contributed by atoms with E-state index in [1.165, 1.54) is 11.1 Å². The average molecular weight is 335 g/mol. The van der Waals surface area contributed by atoms with Crippen LogP contribution in [-0.2, 0) is 11.2 Å². The molecule has 1 N–H and O–H groups in total. The third-order valence-corrected chi connectivity index (χ3v) is 5.02. The second-order valence-electron chi connectivity index (χ2n) is 6.51. The van der Waals surface area contributed by atoms with Gasteiger partial charge in [-0.2, -0.15) is 0 Å². The maximum atomic E-state index is 12.8. The van der Waals surface area contributed by atoms with Crippen LogP contribution in [0.5, 0.6) is 0 Å². The van der Waals surface area contributed by atoms with Crippen LogP contribution in [0.25, 0.3) is 0 Å². The molecule has 0 spiro atoms. The standard InChI is InChI=1S/C21H25N3O/c1-15(22-2)24(3)18-13-11-17(12-14-18)23-21(25)20-10-6-8-16-7-4-5-9-19(16)20/h4-5,7,9,11-14,20H,6,8,10H2,1-3H3,(H,23,25). The molecular weight excluding hydrogens is 310 g/mol. The highest BCUT2D eigenvalue weighted by molar-refractivity contribution is 5.97. The molecule has 0 aromatic heterocycles. The maximum absolute atomic E-state index is 12.8.